The number of hydrogen-bond acceptors (Lipinski definition) is 3. The molecule has 3 unspecified atom stereocenters. The zero-order chi connectivity index (χ0) is 12.8. The van der Waals surface area contributed by atoms with E-state index in [1.807, 2.05) is 6.92 Å². The summed E-state index contributed by atoms with van der Waals surface area (Å²) in [4.78, 5) is 23.6. The SMILES string of the molecule is CCC(CC(=O)OC)C(=O)C1CCCC(C)C1. The Kier molecular flexibility index (Phi) is 5.66. The van der Waals surface area contributed by atoms with E-state index in [1.54, 1.807) is 0 Å². The fourth-order valence-electron chi connectivity index (χ4n) is 2.76. The highest BCUT2D eigenvalue weighted by molar-refractivity contribution is 5.87. The molecule has 0 radical (unpaired) electrons. The molecule has 0 saturated heterocycles. The predicted octanol–water partition coefficient (Wildman–Crippen LogP) is 2.97. The molecule has 17 heavy (non-hydrogen) atoms. The molecule has 1 rings (SSSR count). The Labute approximate surface area is 104 Å². The molecule has 0 bridgehead atoms. The average Bonchev–Trinajstić information content (AvgIpc) is 2.34. The fraction of sp³-hybridized carbons (Fsp3) is 0.857. The van der Waals surface area contributed by atoms with Gasteiger partial charge >= 0.3 is 5.97 Å². The van der Waals surface area contributed by atoms with E-state index in [0.717, 1.165) is 25.7 Å². The topological polar surface area (TPSA) is 43.4 Å². The number of ether oxygens (including phenoxy) is 1. The molecule has 3 nitrogen and oxygen atoms in total. The molecule has 0 aromatic rings. The fourth-order valence-corrected chi connectivity index (χ4v) is 2.76. The predicted molar refractivity (Wildman–Crippen MR) is 66.5 cm³/mol. The summed E-state index contributed by atoms with van der Waals surface area (Å²) in [6, 6.07) is 0. The van der Waals surface area contributed by atoms with Crippen molar-refractivity contribution in [3.8, 4) is 0 Å². The molecule has 0 amide bonds. The largest absolute Gasteiger partial charge is 0.469 e. The molecule has 3 atom stereocenters. The molecular formula is C14H24O3. The lowest BCUT2D eigenvalue weighted by molar-refractivity contribution is -0.144. The van der Waals surface area contributed by atoms with Gasteiger partial charge in [0, 0.05) is 11.8 Å². The maximum Gasteiger partial charge on any atom is 0.306 e. The smallest absolute Gasteiger partial charge is 0.306 e. The number of esters is 1. The number of rotatable bonds is 5. The van der Waals surface area contributed by atoms with Crippen molar-refractivity contribution in [3.63, 3.8) is 0 Å². The lowest BCUT2D eigenvalue weighted by atomic mass is 9.76. The van der Waals surface area contributed by atoms with Gasteiger partial charge in [-0.2, -0.15) is 0 Å². The van der Waals surface area contributed by atoms with Crippen molar-refractivity contribution < 1.29 is 14.3 Å². The van der Waals surface area contributed by atoms with Gasteiger partial charge in [-0.05, 0) is 25.2 Å². The third-order valence-corrected chi connectivity index (χ3v) is 3.87. The van der Waals surface area contributed by atoms with Gasteiger partial charge in [-0.25, -0.2) is 0 Å². The summed E-state index contributed by atoms with van der Waals surface area (Å²) < 4.78 is 4.65. The van der Waals surface area contributed by atoms with Gasteiger partial charge in [0.15, 0.2) is 0 Å². The molecule has 1 saturated carbocycles. The molecule has 3 heteroatoms. The van der Waals surface area contributed by atoms with Gasteiger partial charge in [0.1, 0.15) is 5.78 Å². The van der Waals surface area contributed by atoms with Crippen LogP contribution in [-0.2, 0) is 14.3 Å². The van der Waals surface area contributed by atoms with Crippen LogP contribution in [0.2, 0.25) is 0 Å². The van der Waals surface area contributed by atoms with Crippen LogP contribution in [0.5, 0.6) is 0 Å². The van der Waals surface area contributed by atoms with Crippen molar-refractivity contribution in [2.75, 3.05) is 7.11 Å². The van der Waals surface area contributed by atoms with Crippen LogP contribution in [-0.4, -0.2) is 18.9 Å². The zero-order valence-electron chi connectivity index (χ0n) is 11.2. The highest BCUT2D eigenvalue weighted by Crippen LogP contribution is 2.32. The first-order valence-electron chi connectivity index (χ1n) is 6.69. The first-order chi connectivity index (χ1) is 8.08. The highest BCUT2D eigenvalue weighted by atomic mass is 16.5. The number of ketones is 1. The van der Waals surface area contributed by atoms with Crippen LogP contribution < -0.4 is 0 Å². The summed E-state index contributed by atoms with van der Waals surface area (Å²) in [6.07, 6.45) is 5.36. The van der Waals surface area contributed by atoms with Crippen LogP contribution in [0.1, 0.15) is 52.4 Å². The van der Waals surface area contributed by atoms with E-state index in [1.165, 1.54) is 13.5 Å². The Bertz CT molecular complexity index is 273. The van der Waals surface area contributed by atoms with Crippen LogP contribution in [0, 0.1) is 17.8 Å². The standard InChI is InChI=1S/C14H24O3/c1-4-11(9-13(15)17-3)14(16)12-7-5-6-10(2)8-12/h10-12H,4-9H2,1-3H3. The van der Waals surface area contributed by atoms with Crippen LogP contribution in [0.3, 0.4) is 0 Å². The minimum Gasteiger partial charge on any atom is -0.469 e. The molecule has 0 aliphatic heterocycles. The van der Waals surface area contributed by atoms with Gasteiger partial charge in [0.05, 0.1) is 13.5 Å². The molecule has 0 aromatic carbocycles. The Balaban J connectivity index is 2.55. The van der Waals surface area contributed by atoms with E-state index in [2.05, 4.69) is 11.7 Å². The third kappa shape index (κ3) is 4.14. The van der Waals surface area contributed by atoms with E-state index in [0.29, 0.717) is 5.92 Å². The van der Waals surface area contributed by atoms with Crippen LogP contribution in [0.25, 0.3) is 0 Å². The quantitative estimate of drug-likeness (QED) is 0.694. The molecular weight excluding hydrogens is 216 g/mol. The van der Waals surface area contributed by atoms with Crippen molar-refractivity contribution in [3.05, 3.63) is 0 Å². The first kappa shape index (κ1) is 14.2. The molecule has 0 N–H and O–H groups in total. The van der Waals surface area contributed by atoms with Gasteiger partial charge in [-0.15, -0.1) is 0 Å². The van der Waals surface area contributed by atoms with Crippen molar-refractivity contribution in [2.45, 2.75) is 52.4 Å². The van der Waals surface area contributed by atoms with Gasteiger partial charge in [-0.1, -0.05) is 26.7 Å². The third-order valence-electron chi connectivity index (χ3n) is 3.87. The second-order valence-electron chi connectivity index (χ2n) is 5.26. The van der Waals surface area contributed by atoms with E-state index in [-0.39, 0.29) is 30.0 Å². The highest BCUT2D eigenvalue weighted by Gasteiger charge is 2.30. The number of carbonyl (C=O) groups is 2. The van der Waals surface area contributed by atoms with E-state index in [4.69, 9.17) is 0 Å². The average molecular weight is 240 g/mol. The summed E-state index contributed by atoms with van der Waals surface area (Å²) in [5, 5.41) is 0. The van der Waals surface area contributed by atoms with Crippen LogP contribution in [0.4, 0.5) is 0 Å². The van der Waals surface area contributed by atoms with E-state index < -0.39 is 0 Å². The maximum absolute atomic E-state index is 12.3. The summed E-state index contributed by atoms with van der Waals surface area (Å²) >= 11 is 0. The Hall–Kier alpha value is -0.860. The van der Waals surface area contributed by atoms with E-state index in [9.17, 15) is 9.59 Å². The van der Waals surface area contributed by atoms with Crippen molar-refractivity contribution >= 4 is 11.8 Å². The monoisotopic (exact) mass is 240 g/mol. The molecule has 1 aliphatic carbocycles. The lowest BCUT2D eigenvalue weighted by Crippen LogP contribution is -2.29. The van der Waals surface area contributed by atoms with Crippen LogP contribution in [0.15, 0.2) is 0 Å². The second-order valence-corrected chi connectivity index (χ2v) is 5.26. The van der Waals surface area contributed by atoms with Gasteiger partial charge < -0.3 is 4.74 Å². The summed E-state index contributed by atoms with van der Waals surface area (Å²) in [7, 11) is 1.38. The molecule has 0 heterocycles. The molecule has 1 aliphatic rings. The van der Waals surface area contributed by atoms with Gasteiger partial charge in [-0.3, -0.25) is 9.59 Å². The Morgan fingerprint density at radius 2 is 2.06 bits per heavy atom. The van der Waals surface area contributed by atoms with Crippen molar-refractivity contribution in [1.29, 1.82) is 0 Å². The number of Topliss-reactive ketones (excluding diaryl/α,β-unsaturated/α-hetero) is 1. The zero-order valence-corrected chi connectivity index (χ0v) is 11.2. The number of hydrogen-bond donors (Lipinski definition) is 0. The minimum atomic E-state index is -0.269. The number of carbonyl (C=O) groups excluding carboxylic acids is 2. The van der Waals surface area contributed by atoms with Crippen molar-refractivity contribution in [2.24, 2.45) is 17.8 Å². The molecule has 1 fully saturated rings. The normalized spacial score (nSPS) is 26.3. The Morgan fingerprint density at radius 3 is 2.59 bits per heavy atom. The molecule has 98 valence electrons. The maximum atomic E-state index is 12.3. The second kappa shape index (κ2) is 6.77. The lowest BCUT2D eigenvalue weighted by Gasteiger charge is -2.28. The molecule has 0 spiro atoms. The first-order valence-corrected chi connectivity index (χ1v) is 6.69. The van der Waals surface area contributed by atoms with Gasteiger partial charge in [0.2, 0.25) is 0 Å². The summed E-state index contributed by atoms with van der Waals surface area (Å²) in [5.41, 5.74) is 0. The summed E-state index contributed by atoms with van der Waals surface area (Å²) in [5.74, 6) is 0.693. The Morgan fingerprint density at radius 1 is 1.35 bits per heavy atom. The number of methoxy groups -OCH3 is 1. The van der Waals surface area contributed by atoms with Gasteiger partial charge in [0.25, 0.3) is 0 Å². The van der Waals surface area contributed by atoms with E-state index >= 15 is 0 Å². The van der Waals surface area contributed by atoms with Crippen molar-refractivity contribution in [1.82, 2.24) is 0 Å². The van der Waals surface area contributed by atoms with Crippen LogP contribution >= 0.6 is 0 Å². The minimum absolute atomic E-state index is 0.141. The summed E-state index contributed by atoms with van der Waals surface area (Å²) in [6.45, 7) is 4.18. The molecule has 0 aromatic heterocycles.